The molecule has 0 saturated carbocycles. The van der Waals surface area contributed by atoms with E-state index >= 15 is 0 Å². The normalized spacial score (nSPS) is 18.1. The molecule has 1 heterocycles. The number of alkyl halides is 4. The molecular weight excluding hydrogens is 259 g/mol. The zero-order chi connectivity index (χ0) is 12.9. The van der Waals surface area contributed by atoms with Gasteiger partial charge in [0.15, 0.2) is 0 Å². The summed E-state index contributed by atoms with van der Waals surface area (Å²) in [5, 5.41) is 0. The number of nitrogens with zero attached hydrogens (tertiary/aromatic N) is 1. The maximum Gasteiger partial charge on any atom is 0.406 e. The minimum Gasteiger partial charge on any atom is -0.381 e. The van der Waals surface area contributed by atoms with Gasteiger partial charge in [0.2, 0.25) is 5.91 Å². The highest BCUT2D eigenvalue weighted by Gasteiger charge is 2.35. The Hall–Kier alpha value is -0.490. The number of carbonyl (C=O) groups excluding carboxylic acids is 1. The minimum atomic E-state index is -4.38. The maximum absolute atomic E-state index is 12.3. The van der Waals surface area contributed by atoms with Crippen molar-refractivity contribution in [3.05, 3.63) is 0 Å². The third-order valence-corrected chi connectivity index (χ3v) is 2.78. The van der Waals surface area contributed by atoms with Gasteiger partial charge in [0.25, 0.3) is 0 Å². The van der Waals surface area contributed by atoms with E-state index < -0.39 is 18.6 Å². The smallest absolute Gasteiger partial charge is 0.381 e. The molecule has 1 amide bonds. The van der Waals surface area contributed by atoms with Gasteiger partial charge in [-0.1, -0.05) is 0 Å². The van der Waals surface area contributed by atoms with E-state index in [1.807, 2.05) is 0 Å². The Balaban J connectivity index is 2.58. The zero-order valence-electron chi connectivity index (χ0n) is 9.30. The molecule has 0 unspecified atom stereocenters. The van der Waals surface area contributed by atoms with Gasteiger partial charge in [-0.3, -0.25) is 4.79 Å². The molecule has 0 atom stereocenters. The van der Waals surface area contributed by atoms with E-state index in [1.165, 1.54) is 0 Å². The van der Waals surface area contributed by atoms with Crippen LogP contribution in [0.4, 0.5) is 13.2 Å². The Labute approximate surface area is 103 Å². The highest BCUT2D eigenvalue weighted by molar-refractivity contribution is 6.18. The van der Waals surface area contributed by atoms with E-state index in [1.54, 1.807) is 0 Å². The van der Waals surface area contributed by atoms with E-state index in [0.29, 0.717) is 26.1 Å². The summed E-state index contributed by atoms with van der Waals surface area (Å²) < 4.78 is 42.0. The summed E-state index contributed by atoms with van der Waals surface area (Å²) in [6, 6.07) is 0. The lowest BCUT2D eigenvalue weighted by molar-refractivity contribution is -0.164. The molecule has 0 bridgehead atoms. The van der Waals surface area contributed by atoms with Gasteiger partial charge in [0.05, 0.1) is 0 Å². The monoisotopic (exact) mass is 273 g/mol. The van der Waals surface area contributed by atoms with Gasteiger partial charge in [-0.15, -0.1) is 11.6 Å². The second-order valence-corrected chi connectivity index (χ2v) is 4.33. The third-order valence-electron chi connectivity index (χ3n) is 2.61. The number of halogens is 4. The summed E-state index contributed by atoms with van der Waals surface area (Å²) >= 11 is 5.42. The summed E-state index contributed by atoms with van der Waals surface area (Å²) in [4.78, 5) is 12.7. The average molecular weight is 274 g/mol. The fourth-order valence-electron chi connectivity index (χ4n) is 1.79. The van der Waals surface area contributed by atoms with Crippen LogP contribution in [0.2, 0.25) is 0 Å². The molecule has 0 N–H and O–H groups in total. The van der Waals surface area contributed by atoms with Crippen LogP contribution < -0.4 is 0 Å². The largest absolute Gasteiger partial charge is 0.406 e. The Kier molecular flexibility index (Phi) is 5.52. The topological polar surface area (TPSA) is 29.5 Å². The van der Waals surface area contributed by atoms with Crippen molar-refractivity contribution in [2.45, 2.75) is 19.0 Å². The first-order valence-corrected chi connectivity index (χ1v) is 5.96. The molecule has 0 aromatic carbocycles. The second-order valence-electron chi connectivity index (χ2n) is 3.95. The fourth-order valence-corrected chi connectivity index (χ4v) is 1.99. The Morgan fingerprint density at radius 3 is 2.41 bits per heavy atom. The van der Waals surface area contributed by atoms with E-state index in [-0.39, 0.29) is 18.3 Å². The van der Waals surface area contributed by atoms with Crippen molar-refractivity contribution in [2.75, 3.05) is 32.2 Å². The predicted molar refractivity (Wildman–Crippen MR) is 56.9 cm³/mol. The third kappa shape index (κ3) is 5.12. The number of ether oxygens (including phenoxy) is 1. The van der Waals surface area contributed by atoms with Crippen LogP contribution in [0.1, 0.15) is 12.8 Å². The molecule has 7 heteroatoms. The molecule has 17 heavy (non-hydrogen) atoms. The summed E-state index contributed by atoms with van der Waals surface area (Å²) in [6.45, 7) is -0.443. The lowest BCUT2D eigenvalue weighted by atomic mass is 9.98. The first-order chi connectivity index (χ1) is 7.94. The molecule has 1 fully saturated rings. The maximum atomic E-state index is 12.3. The van der Waals surface area contributed by atoms with Gasteiger partial charge >= 0.3 is 6.18 Å². The second kappa shape index (κ2) is 6.44. The minimum absolute atomic E-state index is 0.00500. The molecule has 1 saturated heterocycles. The molecule has 0 aromatic heterocycles. The number of carbonyl (C=O) groups is 1. The van der Waals surface area contributed by atoms with Crippen LogP contribution in [-0.4, -0.2) is 49.2 Å². The summed E-state index contributed by atoms with van der Waals surface area (Å²) in [7, 11) is 0. The van der Waals surface area contributed by atoms with Gasteiger partial charge in [-0.05, 0) is 12.8 Å². The lowest BCUT2D eigenvalue weighted by Crippen LogP contribution is -2.44. The van der Waals surface area contributed by atoms with E-state index in [2.05, 4.69) is 0 Å². The Morgan fingerprint density at radius 1 is 1.35 bits per heavy atom. The zero-order valence-corrected chi connectivity index (χ0v) is 10.1. The molecule has 0 radical (unpaired) electrons. The average Bonchev–Trinajstić information content (AvgIpc) is 2.27. The first kappa shape index (κ1) is 14.6. The van der Waals surface area contributed by atoms with Crippen molar-refractivity contribution in [2.24, 2.45) is 5.92 Å². The Bertz CT molecular complexity index is 254. The van der Waals surface area contributed by atoms with Crippen molar-refractivity contribution < 1.29 is 22.7 Å². The van der Waals surface area contributed by atoms with E-state index in [9.17, 15) is 18.0 Å². The molecule has 0 aromatic rings. The van der Waals surface area contributed by atoms with Crippen LogP contribution in [0.15, 0.2) is 0 Å². The summed E-state index contributed by atoms with van der Waals surface area (Å²) in [5.74, 6) is -0.828. The molecule has 1 rings (SSSR count). The molecular formula is C10H15ClF3NO2. The standard InChI is InChI=1S/C10H15ClF3NO2/c11-3-4-15(7-10(12,13)14)9(16)8-1-5-17-6-2-8/h8H,1-7H2. The number of hydrogen-bond acceptors (Lipinski definition) is 2. The van der Waals surface area contributed by atoms with Crippen LogP contribution in [0.5, 0.6) is 0 Å². The van der Waals surface area contributed by atoms with Crippen molar-refractivity contribution in [3.8, 4) is 0 Å². The van der Waals surface area contributed by atoms with Crippen LogP contribution in [-0.2, 0) is 9.53 Å². The molecule has 0 spiro atoms. The highest BCUT2D eigenvalue weighted by Crippen LogP contribution is 2.22. The molecule has 1 aliphatic heterocycles. The van der Waals surface area contributed by atoms with Crippen molar-refractivity contribution in [3.63, 3.8) is 0 Å². The number of hydrogen-bond donors (Lipinski definition) is 0. The summed E-state index contributed by atoms with van der Waals surface area (Å²) in [6.07, 6.45) is -3.42. The number of amides is 1. The van der Waals surface area contributed by atoms with Crippen molar-refractivity contribution in [1.29, 1.82) is 0 Å². The highest BCUT2D eigenvalue weighted by atomic mass is 35.5. The van der Waals surface area contributed by atoms with Gasteiger partial charge in [-0.25, -0.2) is 0 Å². The van der Waals surface area contributed by atoms with Gasteiger partial charge in [-0.2, -0.15) is 13.2 Å². The fraction of sp³-hybridized carbons (Fsp3) is 0.900. The molecule has 1 aliphatic rings. The van der Waals surface area contributed by atoms with Crippen LogP contribution in [0.3, 0.4) is 0 Å². The van der Waals surface area contributed by atoms with Gasteiger partial charge < -0.3 is 9.64 Å². The van der Waals surface area contributed by atoms with E-state index in [0.717, 1.165) is 4.90 Å². The van der Waals surface area contributed by atoms with Crippen LogP contribution in [0, 0.1) is 5.92 Å². The predicted octanol–water partition coefficient (Wildman–Crippen LogP) is 2.04. The van der Waals surface area contributed by atoms with Crippen LogP contribution in [0.25, 0.3) is 0 Å². The van der Waals surface area contributed by atoms with Gasteiger partial charge in [0, 0.05) is 31.6 Å². The van der Waals surface area contributed by atoms with Crippen LogP contribution >= 0.6 is 11.6 Å². The quantitative estimate of drug-likeness (QED) is 0.734. The van der Waals surface area contributed by atoms with Gasteiger partial charge in [0.1, 0.15) is 6.54 Å². The SMILES string of the molecule is O=C(C1CCOCC1)N(CCCl)CC(F)(F)F. The summed E-state index contributed by atoms with van der Waals surface area (Å²) in [5.41, 5.74) is 0. The Morgan fingerprint density at radius 2 is 1.94 bits per heavy atom. The first-order valence-electron chi connectivity index (χ1n) is 5.43. The molecule has 100 valence electrons. The lowest BCUT2D eigenvalue weighted by Gasteiger charge is -2.29. The van der Waals surface area contributed by atoms with Crippen molar-refractivity contribution >= 4 is 17.5 Å². The van der Waals surface area contributed by atoms with E-state index in [4.69, 9.17) is 16.3 Å². The molecule has 0 aliphatic carbocycles. The molecule has 3 nitrogen and oxygen atoms in total. The van der Waals surface area contributed by atoms with Crippen molar-refractivity contribution in [1.82, 2.24) is 4.90 Å². The number of rotatable bonds is 4.